The molecule has 9 heteroatoms. The third-order valence-electron chi connectivity index (χ3n) is 5.72. The van der Waals surface area contributed by atoms with Crippen molar-refractivity contribution in [2.75, 3.05) is 48.3 Å². The van der Waals surface area contributed by atoms with E-state index in [-0.39, 0.29) is 0 Å². The van der Waals surface area contributed by atoms with E-state index < -0.39 is 0 Å². The first-order valence-corrected chi connectivity index (χ1v) is 10.3. The Morgan fingerprint density at radius 3 is 2.60 bits per heavy atom. The molecule has 0 spiro atoms. The number of piperazine rings is 1. The molecule has 5 rings (SSSR count). The standard InChI is InChI=1S/C21H27N9/c1-16-12-17(4-5-19(16)28-8-6-26(2)7-9-28)23-21-24-20-15-29(10-11-30(20)25-21)18-13-22-27(3)14-18/h4-5,10-14H,6-9,15H2,1-3H3,(H,23,25). The van der Waals surface area contributed by atoms with E-state index in [2.05, 4.69) is 67.4 Å². The fourth-order valence-electron chi connectivity index (χ4n) is 3.98. The van der Waals surface area contributed by atoms with E-state index in [4.69, 9.17) is 0 Å². The average molecular weight is 406 g/mol. The zero-order chi connectivity index (χ0) is 20.7. The van der Waals surface area contributed by atoms with Crippen LogP contribution in [0.25, 0.3) is 6.20 Å². The van der Waals surface area contributed by atoms with Crippen molar-refractivity contribution in [1.29, 1.82) is 0 Å². The summed E-state index contributed by atoms with van der Waals surface area (Å²) in [6.07, 6.45) is 7.75. The predicted octanol–water partition coefficient (Wildman–Crippen LogP) is 2.26. The van der Waals surface area contributed by atoms with Gasteiger partial charge >= 0.3 is 0 Å². The molecule has 156 valence electrons. The molecule has 3 aromatic rings. The first kappa shape index (κ1) is 18.7. The number of fused-ring (bicyclic) bond motifs is 1. The molecule has 0 unspecified atom stereocenters. The Balaban J connectivity index is 1.29. The highest BCUT2D eigenvalue weighted by Crippen LogP contribution is 2.26. The van der Waals surface area contributed by atoms with Crippen LogP contribution in [-0.2, 0) is 13.6 Å². The summed E-state index contributed by atoms with van der Waals surface area (Å²) in [7, 11) is 4.10. The molecule has 0 bridgehead atoms. The lowest BCUT2D eigenvalue weighted by Gasteiger charge is -2.35. The van der Waals surface area contributed by atoms with Gasteiger partial charge in [0.25, 0.3) is 0 Å². The number of hydrogen-bond donors (Lipinski definition) is 1. The van der Waals surface area contributed by atoms with Crippen molar-refractivity contribution in [3.63, 3.8) is 0 Å². The highest BCUT2D eigenvalue weighted by molar-refractivity contribution is 5.64. The number of anilines is 4. The molecular formula is C21H27N9. The summed E-state index contributed by atoms with van der Waals surface area (Å²) in [4.78, 5) is 11.6. The largest absolute Gasteiger partial charge is 0.369 e. The van der Waals surface area contributed by atoms with Crippen molar-refractivity contribution in [3.05, 3.63) is 48.2 Å². The molecule has 1 aromatic carbocycles. The topological polar surface area (TPSA) is 70.3 Å². The normalized spacial score (nSPS) is 16.8. The van der Waals surface area contributed by atoms with Gasteiger partial charge in [0.2, 0.25) is 5.95 Å². The fraction of sp³-hybridized carbons (Fsp3) is 0.381. The Morgan fingerprint density at radius 1 is 1.03 bits per heavy atom. The summed E-state index contributed by atoms with van der Waals surface area (Å²) in [5, 5.41) is 12.2. The molecule has 1 fully saturated rings. The molecule has 2 aliphatic rings. The number of hydrogen-bond acceptors (Lipinski definition) is 7. The van der Waals surface area contributed by atoms with Crippen LogP contribution in [0.15, 0.2) is 36.8 Å². The first-order chi connectivity index (χ1) is 14.5. The summed E-state index contributed by atoms with van der Waals surface area (Å²) in [6.45, 7) is 7.16. The number of likely N-dealkylation sites (N-methyl/N-ethyl adjacent to an activating group) is 1. The van der Waals surface area contributed by atoms with Gasteiger partial charge < -0.3 is 20.0 Å². The van der Waals surface area contributed by atoms with Gasteiger partial charge in [-0.25, -0.2) is 4.68 Å². The first-order valence-electron chi connectivity index (χ1n) is 10.3. The van der Waals surface area contributed by atoms with Crippen LogP contribution in [0.1, 0.15) is 11.4 Å². The van der Waals surface area contributed by atoms with E-state index in [1.807, 2.05) is 36.5 Å². The van der Waals surface area contributed by atoms with Crippen LogP contribution in [0, 0.1) is 6.92 Å². The number of rotatable bonds is 4. The third-order valence-corrected chi connectivity index (χ3v) is 5.72. The summed E-state index contributed by atoms with van der Waals surface area (Å²) in [6, 6.07) is 6.48. The maximum absolute atomic E-state index is 4.68. The molecule has 2 aliphatic heterocycles. The number of benzene rings is 1. The molecule has 1 saturated heterocycles. The summed E-state index contributed by atoms with van der Waals surface area (Å²) < 4.78 is 3.62. The molecule has 2 aromatic heterocycles. The van der Waals surface area contributed by atoms with Crippen LogP contribution in [0.4, 0.5) is 23.0 Å². The molecular weight excluding hydrogens is 378 g/mol. The van der Waals surface area contributed by atoms with E-state index in [0.717, 1.165) is 43.4 Å². The van der Waals surface area contributed by atoms with Gasteiger partial charge in [0, 0.05) is 63.2 Å². The quantitative estimate of drug-likeness (QED) is 0.714. The Hall–Kier alpha value is -3.33. The minimum Gasteiger partial charge on any atom is -0.369 e. The van der Waals surface area contributed by atoms with Gasteiger partial charge in [-0.1, -0.05) is 0 Å². The molecule has 0 radical (unpaired) electrons. The zero-order valence-corrected chi connectivity index (χ0v) is 17.7. The van der Waals surface area contributed by atoms with Crippen molar-refractivity contribution in [2.24, 2.45) is 7.05 Å². The van der Waals surface area contributed by atoms with Gasteiger partial charge in [-0.3, -0.25) is 4.68 Å². The summed E-state index contributed by atoms with van der Waals surface area (Å²) >= 11 is 0. The highest BCUT2D eigenvalue weighted by atomic mass is 15.4. The smallest absolute Gasteiger partial charge is 0.247 e. The Bertz CT molecular complexity index is 1070. The number of nitrogens with one attached hydrogen (secondary N) is 1. The van der Waals surface area contributed by atoms with Gasteiger partial charge in [0.15, 0.2) is 5.82 Å². The van der Waals surface area contributed by atoms with Crippen molar-refractivity contribution in [3.8, 4) is 0 Å². The van der Waals surface area contributed by atoms with Crippen molar-refractivity contribution >= 4 is 29.2 Å². The minimum atomic E-state index is 0.606. The van der Waals surface area contributed by atoms with Crippen LogP contribution < -0.4 is 15.1 Å². The highest BCUT2D eigenvalue weighted by Gasteiger charge is 2.19. The Labute approximate surface area is 176 Å². The maximum atomic E-state index is 4.68. The maximum Gasteiger partial charge on any atom is 0.247 e. The Morgan fingerprint density at radius 2 is 1.87 bits per heavy atom. The van der Waals surface area contributed by atoms with Crippen molar-refractivity contribution in [1.82, 2.24) is 29.4 Å². The molecule has 0 atom stereocenters. The van der Waals surface area contributed by atoms with Crippen LogP contribution in [-0.4, -0.2) is 62.7 Å². The molecule has 0 amide bonds. The SMILES string of the molecule is Cc1cc(Nc2nc3n(n2)C=CN(c2cnn(C)c2)C3)ccc1N1CCN(C)CC1. The molecule has 1 N–H and O–H groups in total. The average Bonchev–Trinajstić information content (AvgIpc) is 3.34. The van der Waals surface area contributed by atoms with E-state index in [0.29, 0.717) is 12.5 Å². The molecule has 0 aliphatic carbocycles. The van der Waals surface area contributed by atoms with Crippen LogP contribution >= 0.6 is 0 Å². The van der Waals surface area contributed by atoms with E-state index in [1.54, 1.807) is 4.68 Å². The van der Waals surface area contributed by atoms with Crippen LogP contribution in [0.3, 0.4) is 0 Å². The second-order valence-electron chi connectivity index (χ2n) is 8.01. The predicted molar refractivity (Wildman–Crippen MR) is 119 cm³/mol. The molecule has 4 heterocycles. The van der Waals surface area contributed by atoms with Gasteiger partial charge in [-0.2, -0.15) is 10.1 Å². The van der Waals surface area contributed by atoms with Gasteiger partial charge in [0.05, 0.1) is 18.4 Å². The zero-order valence-electron chi connectivity index (χ0n) is 17.7. The van der Waals surface area contributed by atoms with E-state index >= 15 is 0 Å². The number of aryl methyl sites for hydroxylation is 2. The summed E-state index contributed by atoms with van der Waals surface area (Å²) in [5.74, 6) is 1.49. The second-order valence-corrected chi connectivity index (χ2v) is 8.01. The van der Waals surface area contributed by atoms with Crippen molar-refractivity contribution < 1.29 is 0 Å². The number of nitrogens with zero attached hydrogens (tertiary/aromatic N) is 8. The molecule has 30 heavy (non-hydrogen) atoms. The Kier molecular flexibility index (Phi) is 4.66. The lowest BCUT2D eigenvalue weighted by molar-refractivity contribution is 0.312. The minimum absolute atomic E-state index is 0.606. The summed E-state index contributed by atoms with van der Waals surface area (Å²) in [5.41, 5.74) is 4.60. The lowest BCUT2D eigenvalue weighted by atomic mass is 10.1. The molecule has 0 saturated carbocycles. The van der Waals surface area contributed by atoms with Gasteiger partial charge in [-0.05, 0) is 37.7 Å². The molecule has 9 nitrogen and oxygen atoms in total. The van der Waals surface area contributed by atoms with Crippen molar-refractivity contribution in [2.45, 2.75) is 13.5 Å². The van der Waals surface area contributed by atoms with Gasteiger partial charge in [-0.15, -0.1) is 5.10 Å². The third kappa shape index (κ3) is 3.63. The van der Waals surface area contributed by atoms with E-state index in [1.165, 1.54) is 11.3 Å². The van der Waals surface area contributed by atoms with Gasteiger partial charge in [0.1, 0.15) is 0 Å². The van der Waals surface area contributed by atoms with Crippen LogP contribution in [0.5, 0.6) is 0 Å². The lowest BCUT2D eigenvalue weighted by Crippen LogP contribution is -2.44. The number of aromatic nitrogens is 5. The van der Waals surface area contributed by atoms with E-state index in [9.17, 15) is 0 Å². The van der Waals surface area contributed by atoms with Crippen LogP contribution in [0.2, 0.25) is 0 Å². The monoisotopic (exact) mass is 405 g/mol. The fourth-order valence-corrected chi connectivity index (χ4v) is 3.98. The second kappa shape index (κ2) is 7.49.